The molecule has 7 nitrogen and oxygen atoms in total. The Balaban J connectivity index is 1.53. The van der Waals surface area contributed by atoms with Gasteiger partial charge in [0.1, 0.15) is 0 Å². The molecule has 0 aromatic carbocycles. The summed E-state index contributed by atoms with van der Waals surface area (Å²) in [6, 6.07) is 4.19. The number of aryl methyl sites for hydroxylation is 1. The largest absolute Gasteiger partial charge is 0.356 e. The monoisotopic (exact) mass is 455 g/mol. The summed E-state index contributed by atoms with van der Waals surface area (Å²) in [6.45, 7) is 14.2. The summed E-state index contributed by atoms with van der Waals surface area (Å²) in [7, 11) is 1.82. The van der Waals surface area contributed by atoms with Crippen molar-refractivity contribution in [2.24, 2.45) is 29.7 Å². The van der Waals surface area contributed by atoms with Crippen LogP contribution in [0.15, 0.2) is 16.9 Å². The van der Waals surface area contributed by atoms with Crippen molar-refractivity contribution in [2.45, 2.75) is 72.8 Å². The van der Waals surface area contributed by atoms with E-state index in [9.17, 15) is 9.59 Å². The van der Waals surface area contributed by atoms with Crippen LogP contribution in [0.4, 0.5) is 0 Å². The van der Waals surface area contributed by atoms with Crippen LogP contribution in [0, 0.1) is 22.7 Å². The number of carbonyl (C=O) groups excluding carboxylic acids is 1. The molecule has 3 heterocycles. The molecule has 182 valence electrons. The SMILES string of the molecule is Cn1c(=O)n(CC(C)(C)C)c2ccc(C3CCC(C)(C)C(CNC(=O)C4CCNC4)C3)nc21. The Bertz CT molecular complexity index is 1070. The minimum absolute atomic E-state index is 0.00339. The summed E-state index contributed by atoms with van der Waals surface area (Å²) in [5, 5.41) is 6.52. The molecule has 1 aliphatic heterocycles. The van der Waals surface area contributed by atoms with E-state index in [1.54, 1.807) is 4.57 Å². The fourth-order valence-electron chi connectivity index (χ4n) is 5.55. The van der Waals surface area contributed by atoms with Crippen molar-refractivity contribution >= 4 is 17.1 Å². The van der Waals surface area contributed by atoms with Crippen molar-refractivity contribution in [1.82, 2.24) is 24.8 Å². The quantitative estimate of drug-likeness (QED) is 0.724. The highest BCUT2D eigenvalue weighted by Gasteiger charge is 2.38. The van der Waals surface area contributed by atoms with E-state index in [1.165, 1.54) is 0 Å². The van der Waals surface area contributed by atoms with Gasteiger partial charge in [-0.25, -0.2) is 9.78 Å². The first-order valence-electron chi connectivity index (χ1n) is 12.5. The second kappa shape index (κ2) is 8.90. The van der Waals surface area contributed by atoms with Gasteiger partial charge in [0.2, 0.25) is 5.91 Å². The Kier molecular flexibility index (Phi) is 6.47. The van der Waals surface area contributed by atoms with E-state index in [4.69, 9.17) is 4.98 Å². The lowest BCUT2D eigenvalue weighted by Gasteiger charge is -2.42. The molecule has 0 bridgehead atoms. The van der Waals surface area contributed by atoms with Crippen molar-refractivity contribution in [3.8, 4) is 0 Å². The van der Waals surface area contributed by atoms with Gasteiger partial charge < -0.3 is 10.6 Å². The van der Waals surface area contributed by atoms with Crippen LogP contribution in [0.1, 0.15) is 71.9 Å². The van der Waals surface area contributed by atoms with Gasteiger partial charge in [0.15, 0.2) is 5.65 Å². The van der Waals surface area contributed by atoms with Crippen molar-refractivity contribution < 1.29 is 4.79 Å². The van der Waals surface area contributed by atoms with Gasteiger partial charge in [-0.3, -0.25) is 13.9 Å². The van der Waals surface area contributed by atoms with Gasteiger partial charge in [0.25, 0.3) is 0 Å². The van der Waals surface area contributed by atoms with Crippen LogP contribution in [0.25, 0.3) is 11.2 Å². The fourth-order valence-corrected chi connectivity index (χ4v) is 5.55. The van der Waals surface area contributed by atoms with Crippen molar-refractivity contribution in [2.75, 3.05) is 19.6 Å². The molecule has 2 aliphatic rings. The summed E-state index contributed by atoms with van der Waals surface area (Å²) in [5.74, 6) is 1.04. The van der Waals surface area contributed by atoms with Crippen molar-refractivity contribution in [3.05, 3.63) is 28.3 Å². The predicted molar refractivity (Wildman–Crippen MR) is 132 cm³/mol. The number of amides is 1. The maximum atomic E-state index is 12.9. The number of fused-ring (bicyclic) bond motifs is 1. The normalized spacial score (nSPS) is 25.5. The van der Waals surface area contributed by atoms with E-state index in [0.717, 1.165) is 62.2 Å². The lowest BCUT2D eigenvalue weighted by Crippen LogP contribution is -2.42. The van der Waals surface area contributed by atoms with Gasteiger partial charge in [0, 0.05) is 38.3 Å². The molecule has 7 heteroatoms. The molecule has 2 aromatic rings. The average Bonchev–Trinajstić information content (AvgIpc) is 3.36. The number of carbonyl (C=O) groups is 1. The zero-order valence-electron chi connectivity index (χ0n) is 21.2. The number of hydrogen-bond acceptors (Lipinski definition) is 4. The fraction of sp³-hybridized carbons (Fsp3) is 0.731. The van der Waals surface area contributed by atoms with Crippen LogP contribution in [0.3, 0.4) is 0 Å². The molecule has 1 aliphatic carbocycles. The number of nitrogens with one attached hydrogen (secondary N) is 2. The van der Waals surface area contributed by atoms with Crippen LogP contribution >= 0.6 is 0 Å². The molecule has 1 amide bonds. The number of aromatic nitrogens is 3. The first-order valence-corrected chi connectivity index (χ1v) is 12.5. The molecule has 4 rings (SSSR count). The minimum Gasteiger partial charge on any atom is -0.356 e. The molecule has 1 saturated heterocycles. The van der Waals surface area contributed by atoms with E-state index >= 15 is 0 Å². The molecule has 33 heavy (non-hydrogen) atoms. The second-order valence-electron chi connectivity index (χ2n) is 12.2. The molecule has 2 aromatic heterocycles. The van der Waals surface area contributed by atoms with Gasteiger partial charge in [-0.05, 0) is 61.1 Å². The Labute approximate surface area is 197 Å². The van der Waals surface area contributed by atoms with E-state index in [0.29, 0.717) is 18.4 Å². The Hall–Kier alpha value is -2.15. The van der Waals surface area contributed by atoms with Crippen LogP contribution in [-0.2, 0) is 18.4 Å². The summed E-state index contributed by atoms with van der Waals surface area (Å²) in [5.41, 5.74) is 2.94. The molecule has 0 spiro atoms. The third kappa shape index (κ3) is 5.03. The van der Waals surface area contributed by atoms with Gasteiger partial charge in [-0.1, -0.05) is 34.6 Å². The molecule has 2 fully saturated rings. The number of nitrogens with zero attached hydrogens (tertiary/aromatic N) is 3. The van der Waals surface area contributed by atoms with Crippen molar-refractivity contribution in [3.63, 3.8) is 0 Å². The first kappa shape index (κ1) is 24.0. The van der Waals surface area contributed by atoms with Crippen LogP contribution < -0.4 is 16.3 Å². The highest BCUT2D eigenvalue weighted by atomic mass is 16.2. The van der Waals surface area contributed by atoms with Gasteiger partial charge in [-0.2, -0.15) is 0 Å². The topological polar surface area (TPSA) is 81.0 Å². The summed E-state index contributed by atoms with van der Waals surface area (Å²) >= 11 is 0. The zero-order valence-corrected chi connectivity index (χ0v) is 21.2. The maximum absolute atomic E-state index is 12.9. The van der Waals surface area contributed by atoms with Gasteiger partial charge in [-0.15, -0.1) is 0 Å². The predicted octanol–water partition coefficient (Wildman–Crippen LogP) is 3.42. The Morgan fingerprint density at radius 2 is 2.03 bits per heavy atom. The highest BCUT2D eigenvalue weighted by Crippen LogP contribution is 2.46. The third-order valence-electron chi connectivity index (χ3n) is 7.82. The first-order chi connectivity index (χ1) is 15.5. The minimum atomic E-state index is -0.00339. The summed E-state index contributed by atoms with van der Waals surface area (Å²) in [6.07, 6.45) is 4.12. The number of pyridine rings is 1. The summed E-state index contributed by atoms with van der Waals surface area (Å²) < 4.78 is 3.54. The smallest absolute Gasteiger partial charge is 0.330 e. The molecule has 1 saturated carbocycles. The standard InChI is InChI=1S/C26H41N5O2/c1-25(2,3)16-31-21-8-7-20(29-22(21)30(6)24(31)33)17-9-11-26(4,5)19(13-17)15-28-23(32)18-10-12-27-14-18/h7-8,17-19,27H,9-16H2,1-6H3,(H,28,32). The highest BCUT2D eigenvalue weighted by molar-refractivity contribution is 5.79. The Morgan fingerprint density at radius 3 is 2.70 bits per heavy atom. The molecular formula is C26H41N5O2. The molecule has 0 radical (unpaired) electrons. The van der Waals surface area contributed by atoms with Crippen molar-refractivity contribution in [1.29, 1.82) is 0 Å². The maximum Gasteiger partial charge on any atom is 0.330 e. The van der Waals surface area contributed by atoms with Crippen LogP contribution in [-0.4, -0.2) is 39.7 Å². The molecule has 3 atom stereocenters. The van der Waals surface area contributed by atoms with E-state index in [-0.39, 0.29) is 28.3 Å². The van der Waals surface area contributed by atoms with Gasteiger partial charge in [0.05, 0.1) is 11.4 Å². The van der Waals surface area contributed by atoms with Crippen LogP contribution in [0.2, 0.25) is 0 Å². The molecule has 3 unspecified atom stereocenters. The zero-order chi connectivity index (χ0) is 24.0. The Morgan fingerprint density at radius 1 is 1.27 bits per heavy atom. The number of imidazole rings is 1. The van der Waals surface area contributed by atoms with E-state index in [2.05, 4.69) is 57.4 Å². The number of rotatable bonds is 5. The van der Waals surface area contributed by atoms with Crippen LogP contribution in [0.5, 0.6) is 0 Å². The molecule has 2 N–H and O–H groups in total. The lowest BCUT2D eigenvalue weighted by atomic mass is 9.64. The third-order valence-corrected chi connectivity index (χ3v) is 7.82. The number of hydrogen-bond donors (Lipinski definition) is 2. The second-order valence-corrected chi connectivity index (χ2v) is 12.2. The summed E-state index contributed by atoms with van der Waals surface area (Å²) in [4.78, 5) is 30.5. The molecular weight excluding hydrogens is 414 g/mol. The average molecular weight is 456 g/mol. The van der Waals surface area contributed by atoms with E-state index < -0.39 is 0 Å². The van der Waals surface area contributed by atoms with Gasteiger partial charge >= 0.3 is 5.69 Å². The van der Waals surface area contributed by atoms with E-state index in [1.807, 2.05) is 11.6 Å². The lowest BCUT2D eigenvalue weighted by molar-refractivity contribution is -0.124.